The van der Waals surface area contributed by atoms with E-state index in [1.54, 1.807) is 12.1 Å². The molecule has 1 unspecified atom stereocenters. The summed E-state index contributed by atoms with van der Waals surface area (Å²) >= 11 is 0. The number of pyridine rings is 1. The Morgan fingerprint density at radius 2 is 1.66 bits per heavy atom. The van der Waals surface area contributed by atoms with Crippen molar-refractivity contribution in [2.75, 3.05) is 46.0 Å². The highest BCUT2D eigenvalue weighted by Crippen LogP contribution is 2.40. The highest BCUT2D eigenvalue weighted by atomic mass is 16.5. The van der Waals surface area contributed by atoms with E-state index in [0.717, 1.165) is 50.1 Å². The van der Waals surface area contributed by atoms with Crippen LogP contribution in [0.1, 0.15) is 58.0 Å². The summed E-state index contributed by atoms with van der Waals surface area (Å²) in [6.45, 7) is 4.75. The van der Waals surface area contributed by atoms with Crippen molar-refractivity contribution in [2.45, 2.75) is 31.6 Å². The number of aromatic nitrogens is 4. The number of H-pyrrole nitrogens is 1. The molecule has 2 aromatic heterocycles. The maximum atomic E-state index is 13.6. The van der Waals surface area contributed by atoms with Crippen LogP contribution in [-0.4, -0.2) is 88.0 Å². The fraction of sp³-hybridized carbons (Fsp3) is 0.536. The smallest absolute Gasteiger partial charge is 0.254 e. The Labute approximate surface area is 220 Å². The van der Waals surface area contributed by atoms with Gasteiger partial charge in [0.25, 0.3) is 11.8 Å². The van der Waals surface area contributed by atoms with Crippen LogP contribution in [-0.2, 0) is 4.74 Å². The summed E-state index contributed by atoms with van der Waals surface area (Å²) in [7, 11) is 0. The van der Waals surface area contributed by atoms with Crippen molar-refractivity contribution >= 4 is 22.8 Å². The molecule has 3 atom stereocenters. The van der Waals surface area contributed by atoms with Crippen molar-refractivity contribution in [2.24, 2.45) is 17.8 Å². The highest BCUT2D eigenvalue weighted by Gasteiger charge is 2.43. The van der Waals surface area contributed by atoms with Crippen LogP contribution in [0.25, 0.3) is 11.0 Å². The van der Waals surface area contributed by atoms with Crippen molar-refractivity contribution in [3.05, 3.63) is 47.2 Å². The van der Waals surface area contributed by atoms with Gasteiger partial charge in [-0.15, -0.1) is 0 Å². The fourth-order valence-corrected chi connectivity index (χ4v) is 6.12. The number of hydrogen-bond donors (Lipinski definition) is 1. The molecule has 1 saturated carbocycles. The van der Waals surface area contributed by atoms with Crippen molar-refractivity contribution in [3.63, 3.8) is 0 Å². The van der Waals surface area contributed by atoms with E-state index in [4.69, 9.17) is 14.5 Å². The summed E-state index contributed by atoms with van der Waals surface area (Å²) in [5, 5.41) is 10.7. The molecule has 3 aromatic rings. The van der Waals surface area contributed by atoms with Gasteiger partial charge in [0.1, 0.15) is 11.0 Å². The van der Waals surface area contributed by atoms with Crippen LogP contribution in [0.5, 0.6) is 5.88 Å². The number of aromatic amines is 1. The van der Waals surface area contributed by atoms with Crippen molar-refractivity contribution in [1.29, 1.82) is 0 Å². The summed E-state index contributed by atoms with van der Waals surface area (Å²) < 4.78 is 11.7. The molecule has 1 aromatic carbocycles. The van der Waals surface area contributed by atoms with Crippen LogP contribution < -0.4 is 4.74 Å². The average molecular weight is 517 g/mol. The van der Waals surface area contributed by atoms with Gasteiger partial charge in [-0.1, -0.05) is 0 Å². The molecular formula is C28H32N6O4. The molecule has 4 aliphatic rings. The molecule has 0 bridgehead atoms. The molecule has 198 valence electrons. The normalized spacial score (nSPS) is 25.1. The Kier molecular flexibility index (Phi) is 5.99. The molecule has 0 spiro atoms. The summed E-state index contributed by atoms with van der Waals surface area (Å²) in [5.41, 5.74) is 3.67. The first-order valence-electron chi connectivity index (χ1n) is 13.7. The molecule has 10 nitrogen and oxygen atoms in total. The van der Waals surface area contributed by atoms with Gasteiger partial charge >= 0.3 is 0 Å². The Morgan fingerprint density at radius 1 is 0.921 bits per heavy atom. The number of benzene rings is 1. The van der Waals surface area contributed by atoms with E-state index in [1.165, 1.54) is 0 Å². The first-order valence-corrected chi connectivity index (χ1v) is 13.7. The van der Waals surface area contributed by atoms with Gasteiger partial charge in [-0.25, -0.2) is 4.98 Å². The third kappa shape index (κ3) is 4.62. The third-order valence-electron chi connectivity index (χ3n) is 8.41. The topological polar surface area (TPSA) is 114 Å². The summed E-state index contributed by atoms with van der Waals surface area (Å²) in [6, 6.07) is 9.17. The monoisotopic (exact) mass is 516 g/mol. The predicted octanol–water partition coefficient (Wildman–Crippen LogP) is 2.88. The first kappa shape index (κ1) is 23.6. The number of amides is 2. The van der Waals surface area contributed by atoms with E-state index in [-0.39, 0.29) is 23.7 Å². The Balaban J connectivity index is 1.01. The molecule has 4 fully saturated rings. The molecule has 3 aliphatic heterocycles. The van der Waals surface area contributed by atoms with Gasteiger partial charge in [0, 0.05) is 79.3 Å². The lowest BCUT2D eigenvalue weighted by atomic mass is 10.0. The largest absolute Gasteiger partial charge is 0.477 e. The SMILES string of the molecule is O=C(c1cc(OCC2CCCOC2)nc(C2CC2)c1)N1C[C@@H]2CN(C(=O)c3ccc4n[nH]nc4c3)C[C@H]2C1. The van der Waals surface area contributed by atoms with Gasteiger partial charge in [-0.3, -0.25) is 9.59 Å². The van der Waals surface area contributed by atoms with Crippen LogP contribution in [0.3, 0.4) is 0 Å². The van der Waals surface area contributed by atoms with Gasteiger partial charge in [-0.2, -0.15) is 15.4 Å². The predicted molar refractivity (Wildman–Crippen MR) is 138 cm³/mol. The van der Waals surface area contributed by atoms with Crippen LogP contribution >= 0.6 is 0 Å². The second kappa shape index (κ2) is 9.65. The summed E-state index contributed by atoms with van der Waals surface area (Å²) in [5.74, 6) is 1.95. The third-order valence-corrected chi connectivity index (χ3v) is 8.41. The van der Waals surface area contributed by atoms with Crippen molar-refractivity contribution in [3.8, 4) is 5.88 Å². The van der Waals surface area contributed by atoms with E-state index in [1.807, 2.05) is 28.0 Å². The molecular weight excluding hydrogens is 484 g/mol. The molecule has 10 heteroatoms. The van der Waals surface area contributed by atoms with E-state index in [9.17, 15) is 9.59 Å². The quantitative estimate of drug-likeness (QED) is 0.536. The number of hydrogen-bond acceptors (Lipinski definition) is 7. The number of nitrogens with zero attached hydrogens (tertiary/aromatic N) is 5. The molecule has 3 saturated heterocycles. The second-order valence-corrected chi connectivity index (χ2v) is 11.3. The minimum Gasteiger partial charge on any atom is -0.477 e. The number of nitrogens with one attached hydrogen (secondary N) is 1. The standard InChI is InChI=1S/C28H32N6O4/c35-27(19-5-6-23-25(8-19)31-32-30-23)33-11-21-13-34(14-22(21)12-33)28(36)20-9-24(18-3-4-18)29-26(10-20)38-16-17-2-1-7-37-15-17/h5-6,8-10,17-18,21-22H,1-4,7,11-16H2,(H,30,31,32)/t17?,21-,22-/m0/s1. The first-order chi connectivity index (χ1) is 18.6. The number of carbonyl (C=O) groups is 2. The second-order valence-electron chi connectivity index (χ2n) is 11.3. The average Bonchev–Trinajstić information content (AvgIpc) is 3.37. The highest BCUT2D eigenvalue weighted by molar-refractivity contribution is 5.97. The Bertz CT molecular complexity index is 1350. The number of likely N-dealkylation sites (tertiary alicyclic amines) is 2. The van der Waals surface area contributed by atoms with Crippen LogP contribution in [0.2, 0.25) is 0 Å². The van der Waals surface area contributed by atoms with Gasteiger partial charge in [0.15, 0.2) is 0 Å². The zero-order valence-corrected chi connectivity index (χ0v) is 21.3. The minimum absolute atomic E-state index is 0.00976. The zero-order chi connectivity index (χ0) is 25.6. The lowest BCUT2D eigenvalue weighted by Crippen LogP contribution is -2.35. The molecule has 2 amide bonds. The maximum absolute atomic E-state index is 13.6. The van der Waals surface area contributed by atoms with Gasteiger partial charge in [-0.05, 0) is 49.9 Å². The fourth-order valence-electron chi connectivity index (χ4n) is 6.12. The van der Waals surface area contributed by atoms with Gasteiger partial charge in [0.2, 0.25) is 5.88 Å². The summed E-state index contributed by atoms with van der Waals surface area (Å²) in [6.07, 6.45) is 4.38. The van der Waals surface area contributed by atoms with Gasteiger partial charge < -0.3 is 19.3 Å². The van der Waals surface area contributed by atoms with E-state index in [0.29, 0.717) is 67.1 Å². The molecule has 38 heavy (non-hydrogen) atoms. The van der Waals surface area contributed by atoms with E-state index >= 15 is 0 Å². The maximum Gasteiger partial charge on any atom is 0.254 e. The molecule has 1 aliphatic carbocycles. The van der Waals surface area contributed by atoms with Gasteiger partial charge in [0.05, 0.1) is 13.2 Å². The van der Waals surface area contributed by atoms with Crippen LogP contribution in [0.15, 0.2) is 30.3 Å². The van der Waals surface area contributed by atoms with E-state index < -0.39 is 0 Å². The zero-order valence-electron chi connectivity index (χ0n) is 21.3. The number of fused-ring (bicyclic) bond motifs is 2. The molecule has 0 radical (unpaired) electrons. The van der Waals surface area contributed by atoms with Crippen molar-refractivity contribution in [1.82, 2.24) is 30.2 Å². The summed E-state index contributed by atoms with van der Waals surface area (Å²) in [4.78, 5) is 35.3. The lowest BCUT2D eigenvalue weighted by molar-refractivity contribution is 0.0343. The van der Waals surface area contributed by atoms with Crippen LogP contribution in [0.4, 0.5) is 0 Å². The number of rotatable bonds is 6. The minimum atomic E-state index is 0.00976. The Hall–Kier alpha value is -3.53. The molecule has 5 heterocycles. The molecule has 1 N–H and O–H groups in total. The van der Waals surface area contributed by atoms with E-state index in [2.05, 4.69) is 15.4 Å². The number of ether oxygens (including phenoxy) is 2. The van der Waals surface area contributed by atoms with Crippen LogP contribution in [0, 0.1) is 17.8 Å². The molecule has 7 rings (SSSR count). The lowest BCUT2D eigenvalue weighted by Gasteiger charge is -2.23. The Morgan fingerprint density at radius 3 is 2.37 bits per heavy atom. The number of carbonyl (C=O) groups excluding carboxylic acids is 2. The van der Waals surface area contributed by atoms with Crippen molar-refractivity contribution < 1.29 is 19.1 Å².